The zero-order valence-electron chi connectivity index (χ0n) is 8.93. The molecule has 2 saturated heterocycles. The van der Waals surface area contributed by atoms with E-state index >= 15 is 0 Å². The zero-order chi connectivity index (χ0) is 11.0. The van der Waals surface area contributed by atoms with Crippen LogP contribution in [0.2, 0.25) is 0 Å². The van der Waals surface area contributed by atoms with Gasteiger partial charge in [-0.1, -0.05) is 0 Å². The lowest BCUT2D eigenvalue weighted by Crippen LogP contribution is -2.52. The zero-order valence-corrected chi connectivity index (χ0v) is 8.93. The smallest absolute Gasteiger partial charge is 0.225 e. The molecule has 5 nitrogen and oxygen atoms in total. The van der Waals surface area contributed by atoms with E-state index in [9.17, 15) is 0 Å². The summed E-state index contributed by atoms with van der Waals surface area (Å²) >= 11 is 0. The standard InChI is InChI=1S/C11H13N5/c12-3-8-4-14-11(15-5-8)16-9-1-2-10(16)7-13-6-9/h4-5,9-10,13H,1-2,6-7H2. The summed E-state index contributed by atoms with van der Waals surface area (Å²) in [4.78, 5) is 10.9. The first-order valence-corrected chi connectivity index (χ1v) is 5.59. The number of nitrogens with one attached hydrogen (secondary N) is 1. The van der Waals surface area contributed by atoms with E-state index < -0.39 is 0 Å². The summed E-state index contributed by atoms with van der Waals surface area (Å²) in [6, 6.07) is 3.08. The van der Waals surface area contributed by atoms with Crippen LogP contribution in [-0.2, 0) is 0 Å². The van der Waals surface area contributed by atoms with E-state index in [0.29, 0.717) is 17.6 Å². The molecule has 0 aromatic carbocycles. The van der Waals surface area contributed by atoms with Crippen LogP contribution in [0.4, 0.5) is 5.95 Å². The number of rotatable bonds is 1. The van der Waals surface area contributed by atoms with Crippen molar-refractivity contribution in [1.82, 2.24) is 15.3 Å². The van der Waals surface area contributed by atoms with Gasteiger partial charge in [-0.25, -0.2) is 9.97 Å². The monoisotopic (exact) mass is 215 g/mol. The van der Waals surface area contributed by atoms with E-state index in [2.05, 4.69) is 20.2 Å². The van der Waals surface area contributed by atoms with Gasteiger partial charge in [-0.15, -0.1) is 0 Å². The van der Waals surface area contributed by atoms with Crippen LogP contribution in [-0.4, -0.2) is 35.1 Å². The molecule has 5 heteroatoms. The van der Waals surface area contributed by atoms with Gasteiger partial charge in [0.1, 0.15) is 6.07 Å². The number of fused-ring (bicyclic) bond motifs is 2. The summed E-state index contributed by atoms with van der Waals surface area (Å²) in [5.74, 6) is 0.771. The lowest BCUT2D eigenvalue weighted by atomic mass is 10.2. The molecule has 1 N–H and O–H groups in total. The molecule has 0 spiro atoms. The van der Waals surface area contributed by atoms with Crippen molar-refractivity contribution in [1.29, 1.82) is 5.26 Å². The maximum Gasteiger partial charge on any atom is 0.225 e. The van der Waals surface area contributed by atoms with Crippen LogP contribution in [0.15, 0.2) is 12.4 Å². The summed E-state index contributed by atoms with van der Waals surface area (Å²) in [6.07, 6.45) is 5.62. The summed E-state index contributed by atoms with van der Waals surface area (Å²) in [5, 5.41) is 12.1. The van der Waals surface area contributed by atoms with E-state index in [1.54, 1.807) is 12.4 Å². The summed E-state index contributed by atoms with van der Waals surface area (Å²) < 4.78 is 0. The lowest BCUT2D eigenvalue weighted by molar-refractivity contribution is 0.477. The molecule has 2 fully saturated rings. The second kappa shape index (κ2) is 3.72. The van der Waals surface area contributed by atoms with Gasteiger partial charge in [0.15, 0.2) is 0 Å². The average Bonchev–Trinajstić information content (AvgIpc) is 2.59. The Bertz CT molecular complexity index is 405. The molecule has 0 saturated carbocycles. The van der Waals surface area contributed by atoms with Crippen LogP contribution in [0.1, 0.15) is 18.4 Å². The Kier molecular flexibility index (Phi) is 2.22. The number of nitrogens with zero attached hydrogens (tertiary/aromatic N) is 4. The summed E-state index contributed by atoms with van der Waals surface area (Å²) in [5.41, 5.74) is 0.520. The highest BCUT2D eigenvalue weighted by atomic mass is 15.3. The Hall–Kier alpha value is -1.67. The molecule has 0 amide bonds. The molecule has 0 aliphatic carbocycles. The second-order valence-corrected chi connectivity index (χ2v) is 4.33. The minimum Gasteiger partial charge on any atom is -0.332 e. The molecule has 2 unspecified atom stereocenters. The van der Waals surface area contributed by atoms with Gasteiger partial charge in [0.2, 0.25) is 5.95 Å². The van der Waals surface area contributed by atoms with Crippen molar-refractivity contribution in [2.24, 2.45) is 0 Å². The highest BCUT2D eigenvalue weighted by Crippen LogP contribution is 2.29. The number of nitriles is 1. The molecular weight excluding hydrogens is 202 g/mol. The van der Waals surface area contributed by atoms with Gasteiger partial charge in [-0.2, -0.15) is 5.26 Å². The third-order valence-corrected chi connectivity index (χ3v) is 3.38. The highest BCUT2D eigenvalue weighted by molar-refractivity contribution is 5.39. The number of anilines is 1. The topological polar surface area (TPSA) is 64.8 Å². The van der Waals surface area contributed by atoms with Crippen molar-refractivity contribution in [2.45, 2.75) is 24.9 Å². The quantitative estimate of drug-likeness (QED) is 0.729. The molecule has 2 bridgehead atoms. The minimum absolute atomic E-state index is 0.520. The fraction of sp³-hybridized carbons (Fsp3) is 0.545. The van der Waals surface area contributed by atoms with Gasteiger partial charge < -0.3 is 10.2 Å². The van der Waals surface area contributed by atoms with Gasteiger partial charge in [0.05, 0.1) is 18.0 Å². The molecular formula is C11H13N5. The maximum absolute atomic E-state index is 8.70. The molecule has 2 atom stereocenters. The van der Waals surface area contributed by atoms with Crippen LogP contribution in [0.3, 0.4) is 0 Å². The maximum atomic E-state index is 8.70. The number of hydrogen-bond acceptors (Lipinski definition) is 5. The minimum atomic E-state index is 0.520. The van der Waals surface area contributed by atoms with E-state index in [-0.39, 0.29) is 0 Å². The van der Waals surface area contributed by atoms with Crippen molar-refractivity contribution in [3.05, 3.63) is 18.0 Å². The molecule has 2 aliphatic rings. The molecule has 82 valence electrons. The average molecular weight is 215 g/mol. The van der Waals surface area contributed by atoms with Crippen molar-refractivity contribution in [3.8, 4) is 6.07 Å². The SMILES string of the molecule is N#Cc1cnc(N2C3CCC2CNC3)nc1. The van der Waals surface area contributed by atoms with Gasteiger partial charge >= 0.3 is 0 Å². The van der Waals surface area contributed by atoms with E-state index in [0.717, 1.165) is 19.0 Å². The van der Waals surface area contributed by atoms with Crippen molar-refractivity contribution in [2.75, 3.05) is 18.0 Å². The van der Waals surface area contributed by atoms with Crippen LogP contribution in [0, 0.1) is 11.3 Å². The van der Waals surface area contributed by atoms with Gasteiger partial charge in [-0.05, 0) is 12.8 Å². The number of piperazine rings is 1. The van der Waals surface area contributed by atoms with Crippen molar-refractivity contribution in [3.63, 3.8) is 0 Å². The molecule has 3 heterocycles. The third-order valence-electron chi connectivity index (χ3n) is 3.38. The van der Waals surface area contributed by atoms with Gasteiger partial charge in [0.25, 0.3) is 0 Å². The van der Waals surface area contributed by atoms with E-state index in [4.69, 9.17) is 5.26 Å². The van der Waals surface area contributed by atoms with Crippen LogP contribution in [0.25, 0.3) is 0 Å². The van der Waals surface area contributed by atoms with Crippen LogP contribution in [0.5, 0.6) is 0 Å². The molecule has 1 aromatic rings. The lowest BCUT2D eigenvalue weighted by Gasteiger charge is -2.35. The molecule has 1 aromatic heterocycles. The Morgan fingerprint density at radius 2 is 1.88 bits per heavy atom. The predicted octanol–water partition coefficient (Wildman–Crippen LogP) is 0.289. The fourth-order valence-electron chi connectivity index (χ4n) is 2.62. The number of aromatic nitrogens is 2. The van der Waals surface area contributed by atoms with Crippen molar-refractivity contribution >= 4 is 5.95 Å². The predicted molar refractivity (Wildman–Crippen MR) is 58.9 cm³/mol. The van der Waals surface area contributed by atoms with Crippen LogP contribution < -0.4 is 10.2 Å². The normalized spacial score (nSPS) is 27.8. The number of hydrogen-bond donors (Lipinski definition) is 1. The van der Waals surface area contributed by atoms with Crippen LogP contribution >= 0.6 is 0 Å². The second-order valence-electron chi connectivity index (χ2n) is 4.33. The largest absolute Gasteiger partial charge is 0.332 e. The first-order valence-electron chi connectivity index (χ1n) is 5.59. The first kappa shape index (κ1) is 9.55. The third kappa shape index (κ3) is 1.42. The Labute approximate surface area is 94.1 Å². The van der Waals surface area contributed by atoms with Crippen molar-refractivity contribution < 1.29 is 0 Å². The van der Waals surface area contributed by atoms with Gasteiger partial charge in [-0.3, -0.25) is 0 Å². The fourth-order valence-corrected chi connectivity index (χ4v) is 2.62. The molecule has 16 heavy (non-hydrogen) atoms. The first-order chi connectivity index (χ1) is 7.88. The Balaban J connectivity index is 1.89. The van der Waals surface area contributed by atoms with E-state index in [1.165, 1.54) is 12.8 Å². The molecule has 2 aliphatic heterocycles. The molecule has 3 rings (SSSR count). The van der Waals surface area contributed by atoms with E-state index in [1.807, 2.05) is 6.07 Å². The summed E-state index contributed by atoms with van der Waals surface area (Å²) in [7, 11) is 0. The van der Waals surface area contributed by atoms with Gasteiger partial charge in [0, 0.05) is 25.2 Å². The Morgan fingerprint density at radius 3 is 2.44 bits per heavy atom. The highest BCUT2D eigenvalue weighted by Gasteiger charge is 2.37. The Morgan fingerprint density at radius 1 is 1.25 bits per heavy atom. The molecule has 0 radical (unpaired) electrons. The summed E-state index contributed by atoms with van der Waals surface area (Å²) in [6.45, 7) is 2.03.